The summed E-state index contributed by atoms with van der Waals surface area (Å²) in [6.07, 6.45) is 0. The van der Waals surface area contributed by atoms with Crippen molar-refractivity contribution in [3.8, 4) is 0 Å². The van der Waals surface area contributed by atoms with Crippen molar-refractivity contribution < 1.29 is 4.79 Å². The summed E-state index contributed by atoms with van der Waals surface area (Å²) >= 11 is 0. The molecule has 0 radical (unpaired) electrons. The molecule has 0 saturated carbocycles. The number of carbonyl (C=O) groups excluding carboxylic acids is 1. The van der Waals surface area contributed by atoms with Crippen molar-refractivity contribution in [2.24, 2.45) is 0 Å². The van der Waals surface area contributed by atoms with Crippen LogP contribution in [0.3, 0.4) is 0 Å². The van der Waals surface area contributed by atoms with E-state index in [-0.39, 0.29) is 12.5 Å². The number of benzene rings is 2. The number of aryl methyl sites for hydroxylation is 1. The van der Waals surface area contributed by atoms with E-state index >= 15 is 0 Å². The van der Waals surface area contributed by atoms with Crippen molar-refractivity contribution in [1.82, 2.24) is 0 Å². The summed E-state index contributed by atoms with van der Waals surface area (Å²) in [5.74, 6) is 0.453. The molecule has 116 valence electrons. The number of hydrogen-bond acceptors (Lipinski definition) is 2. The summed E-state index contributed by atoms with van der Waals surface area (Å²) < 4.78 is 0. The van der Waals surface area contributed by atoms with Crippen LogP contribution in [0, 0.1) is 13.8 Å². The molecule has 0 aliphatic heterocycles. The zero-order chi connectivity index (χ0) is 16.1. The predicted octanol–water partition coefficient (Wildman–Crippen LogP) is 4.48. The fraction of sp³-hybridized carbons (Fsp3) is 0.316. The second-order valence-electron chi connectivity index (χ2n) is 5.93. The Hall–Kier alpha value is -2.29. The zero-order valence-corrected chi connectivity index (χ0v) is 13.7. The van der Waals surface area contributed by atoms with Gasteiger partial charge in [0.05, 0.1) is 6.54 Å². The van der Waals surface area contributed by atoms with Crippen LogP contribution in [0.25, 0.3) is 0 Å². The van der Waals surface area contributed by atoms with Gasteiger partial charge in [0, 0.05) is 11.4 Å². The first-order valence-corrected chi connectivity index (χ1v) is 7.67. The Morgan fingerprint density at radius 1 is 1.05 bits per heavy atom. The van der Waals surface area contributed by atoms with Gasteiger partial charge in [-0.1, -0.05) is 38.1 Å². The molecule has 1 amide bonds. The van der Waals surface area contributed by atoms with E-state index in [9.17, 15) is 4.79 Å². The van der Waals surface area contributed by atoms with E-state index in [1.807, 2.05) is 24.3 Å². The maximum atomic E-state index is 12.0. The van der Waals surface area contributed by atoms with E-state index in [1.54, 1.807) is 0 Å². The first kappa shape index (κ1) is 16.1. The molecule has 0 saturated heterocycles. The molecular weight excluding hydrogens is 272 g/mol. The molecule has 0 aliphatic carbocycles. The Balaban J connectivity index is 1.91. The second-order valence-corrected chi connectivity index (χ2v) is 5.93. The smallest absolute Gasteiger partial charge is 0.243 e. The predicted molar refractivity (Wildman–Crippen MR) is 93.6 cm³/mol. The lowest BCUT2D eigenvalue weighted by Gasteiger charge is -2.12. The van der Waals surface area contributed by atoms with Crippen LogP contribution in [-0.4, -0.2) is 12.5 Å². The minimum absolute atomic E-state index is 0.0433. The van der Waals surface area contributed by atoms with Gasteiger partial charge in [-0.05, 0) is 54.7 Å². The highest BCUT2D eigenvalue weighted by Crippen LogP contribution is 2.18. The number of amides is 1. The van der Waals surface area contributed by atoms with Crippen molar-refractivity contribution in [3.63, 3.8) is 0 Å². The molecule has 0 bridgehead atoms. The molecular formula is C19H24N2O. The van der Waals surface area contributed by atoms with Crippen LogP contribution in [0.15, 0.2) is 42.5 Å². The van der Waals surface area contributed by atoms with Crippen molar-refractivity contribution in [2.45, 2.75) is 33.6 Å². The number of nitrogens with one attached hydrogen (secondary N) is 2. The van der Waals surface area contributed by atoms with Gasteiger partial charge in [-0.25, -0.2) is 0 Å². The lowest BCUT2D eigenvalue weighted by molar-refractivity contribution is -0.114. The van der Waals surface area contributed by atoms with Gasteiger partial charge in [-0.2, -0.15) is 0 Å². The third-order valence-electron chi connectivity index (χ3n) is 3.91. The van der Waals surface area contributed by atoms with Gasteiger partial charge in [0.1, 0.15) is 0 Å². The Kier molecular flexibility index (Phi) is 5.21. The van der Waals surface area contributed by atoms with Gasteiger partial charge >= 0.3 is 0 Å². The number of anilines is 2. The summed E-state index contributed by atoms with van der Waals surface area (Å²) in [6.45, 7) is 8.69. The van der Waals surface area contributed by atoms with Crippen LogP contribution in [0.2, 0.25) is 0 Å². The Morgan fingerprint density at radius 2 is 1.73 bits per heavy atom. The molecule has 0 unspecified atom stereocenters. The van der Waals surface area contributed by atoms with Gasteiger partial charge in [0.25, 0.3) is 0 Å². The van der Waals surface area contributed by atoms with Gasteiger partial charge in [-0.3, -0.25) is 4.79 Å². The van der Waals surface area contributed by atoms with Gasteiger partial charge < -0.3 is 10.6 Å². The SMILES string of the molecule is Cc1cccc(NCC(=O)Nc2ccc(C(C)C)cc2)c1C. The van der Waals surface area contributed by atoms with Crippen LogP contribution in [0.4, 0.5) is 11.4 Å². The van der Waals surface area contributed by atoms with Crippen LogP contribution in [-0.2, 0) is 4.79 Å². The van der Waals surface area contributed by atoms with Gasteiger partial charge in [-0.15, -0.1) is 0 Å². The molecule has 0 spiro atoms. The maximum absolute atomic E-state index is 12.0. The standard InChI is InChI=1S/C19H24N2O/c1-13(2)16-8-10-17(11-9-16)21-19(22)12-20-18-7-5-6-14(3)15(18)4/h5-11,13,20H,12H2,1-4H3,(H,21,22). The van der Waals surface area contributed by atoms with Crippen molar-refractivity contribution in [2.75, 3.05) is 17.2 Å². The molecule has 0 aliphatic rings. The molecule has 3 heteroatoms. The Morgan fingerprint density at radius 3 is 2.36 bits per heavy atom. The van der Waals surface area contributed by atoms with Crippen molar-refractivity contribution >= 4 is 17.3 Å². The van der Waals surface area contributed by atoms with Gasteiger partial charge in [0.15, 0.2) is 0 Å². The topological polar surface area (TPSA) is 41.1 Å². The van der Waals surface area contributed by atoms with E-state index in [0.717, 1.165) is 11.4 Å². The highest BCUT2D eigenvalue weighted by atomic mass is 16.1. The minimum atomic E-state index is -0.0433. The third-order valence-corrected chi connectivity index (χ3v) is 3.91. The molecule has 0 fully saturated rings. The average molecular weight is 296 g/mol. The third kappa shape index (κ3) is 4.10. The molecule has 0 aromatic heterocycles. The zero-order valence-electron chi connectivity index (χ0n) is 13.7. The highest BCUT2D eigenvalue weighted by molar-refractivity contribution is 5.93. The van der Waals surface area contributed by atoms with Crippen LogP contribution < -0.4 is 10.6 Å². The van der Waals surface area contributed by atoms with E-state index in [4.69, 9.17) is 0 Å². The van der Waals surface area contributed by atoms with E-state index < -0.39 is 0 Å². The Labute approximate surface area is 132 Å². The fourth-order valence-corrected chi connectivity index (χ4v) is 2.27. The molecule has 2 N–H and O–H groups in total. The fourth-order valence-electron chi connectivity index (χ4n) is 2.27. The van der Waals surface area contributed by atoms with Gasteiger partial charge in [0.2, 0.25) is 5.91 Å². The number of rotatable bonds is 5. The monoisotopic (exact) mass is 296 g/mol. The number of carbonyl (C=O) groups is 1. The minimum Gasteiger partial charge on any atom is -0.376 e. The first-order valence-electron chi connectivity index (χ1n) is 7.67. The number of hydrogen-bond donors (Lipinski definition) is 2. The lowest BCUT2D eigenvalue weighted by atomic mass is 10.0. The van der Waals surface area contributed by atoms with Crippen molar-refractivity contribution in [3.05, 3.63) is 59.2 Å². The highest BCUT2D eigenvalue weighted by Gasteiger charge is 2.05. The van der Waals surface area contributed by atoms with Crippen molar-refractivity contribution in [1.29, 1.82) is 0 Å². The maximum Gasteiger partial charge on any atom is 0.243 e. The molecule has 2 rings (SSSR count). The van der Waals surface area contributed by atoms with Crippen LogP contribution >= 0.6 is 0 Å². The van der Waals surface area contributed by atoms with Crippen LogP contribution in [0.1, 0.15) is 36.5 Å². The second kappa shape index (κ2) is 7.12. The summed E-state index contributed by atoms with van der Waals surface area (Å²) in [5, 5.41) is 6.10. The average Bonchev–Trinajstić information content (AvgIpc) is 2.49. The largest absolute Gasteiger partial charge is 0.376 e. The molecule has 2 aromatic rings. The quantitative estimate of drug-likeness (QED) is 0.854. The summed E-state index contributed by atoms with van der Waals surface area (Å²) in [6, 6.07) is 14.1. The molecule has 22 heavy (non-hydrogen) atoms. The summed E-state index contributed by atoms with van der Waals surface area (Å²) in [5.41, 5.74) is 5.50. The summed E-state index contributed by atoms with van der Waals surface area (Å²) in [4.78, 5) is 12.0. The molecule has 0 heterocycles. The van der Waals surface area contributed by atoms with E-state index in [1.165, 1.54) is 16.7 Å². The normalized spacial score (nSPS) is 10.6. The first-order chi connectivity index (χ1) is 10.5. The van der Waals surface area contributed by atoms with Crippen LogP contribution in [0.5, 0.6) is 0 Å². The lowest BCUT2D eigenvalue weighted by Crippen LogP contribution is -2.22. The molecule has 0 atom stereocenters. The molecule has 2 aromatic carbocycles. The molecule has 3 nitrogen and oxygen atoms in total. The summed E-state index contributed by atoms with van der Waals surface area (Å²) in [7, 11) is 0. The van der Waals surface area contributed by atoms with E-state index in [2.05, 4.69) is 56.5 Å². The van der Waals surface area contributed by atoms with E-state index in [0.29, 0.717) is 5.92 Å². The Bertz CT molecular complexity index is 645.